The number of piperazine rings is 1. The molecule has 2 heterocycles. The SMILES string of the molecule is CC(C)n1cc(NC(=O)CN2CCNCC2)cn1. The smallest absolute Gasteiger partial charge is 0.238 e. The molecular weight excluding hydrogens is 230 g/mol. The van der Waals surface area contributed by atoms with Gasteiger partial charge in [-0.1, -0.05) is 0 Å². The summed E-state index contributed by atoms with van der Waals surface area (Å²) < 4.78 is 1.83. The minimum absolute atomic E-state index is 0.0280. The standard InChI is InChI=1S/C12H21N5O/c1-10(2)17-8-11(7-14-17)15-12(18)9-16-5-3-13-4-6-16/h7-8,10,13H,3-6,9H2,1-2H3,(H,15,18). The third kappa shape index (κ3) is 3.54. The van der Waals surface area contributed by atoms with Crippen LogP contribution in [0.4, 0.5) is 5.69 Å². The van der Waals surface area contributed by atoms with Crippen LogP contribution in [0.1, 0.15) is 19.9 Å². The molecule has 0 atom stereocenters. The molecule has 1 aliphatic rings. The highest BCUT2D eigenvalue weighted by Gasteiger charge is 2.14. The second kappa shape index (κ2) is 5.97. The summed E-state index contributed by atoms with van der Waals surface area (Å²) in [5.74, 6) is 0.0280. The van der Waals surface area contributed by atoms with Gasteiger partial charge in [0.2, 0.25) is 5.91 Å². The quantitative estimate of drug-likeness (QED) is 0.808. The molecule has 1 fully saturated rings. The second-order valence-corrected chi connectivity index (χ2v) is 4.88. The summed E-state index contributed by atoms with van der Waals surface area (Å²) in [5.41, 5.74) is 0.767. The Balaban J connectivity index is 1.82. The topological polar surface area (TPSA) is 62.2 Å². The number of nitrogens with one attached hydrogen (secondary N) is 2. The van der Waals surface area contributed by atoms with Gasteiger partial charge in [-0.25, -0.2) is 0 Å². The maximum atomic E-state index is 11.8. The molecule has 0 saturated carbocycles. The molecule has 1 aliphatic heterocycles. The number of hydrogen-bond donors (Lipinski definition) is 2. The van der Waals surface area contributed by atoms with E-state index in [0.717, 1.165) is 31.9 Å². The molecule has 100 valence electrons. The van der Waals surface area contributed by atoms with Crippen molar-refractivity contribution in [1.29, 1.82) is 0 Å². The Bertz CT molecular complexity index is 395. The Morgan fingerprint density at radius 1 is 1.50 bits per heavy atom. The van der Waals surface area contributed by atoms with Crippen molar-refractivity contribution >= 4 is 11.6 Å². The number of carbonyl (C=O) groups excluding carboxylic acids is 1. The normalized spacial score (nSPS) is 17.1. The van der Waals surface area contributed by atoms with Crippen LogP contribution in [0.15, 0.2) is 12.4 Å². The largest absolute Gasteiger partial charge is 0.322 e. The lowest BCUT2D eigenvalue weighted by Crippen LogP contribution is -2.46. The van der Waals surface area contributed by atoms with Gasteiger partial charge in [-0.05, 0) is 13.8 Å². The van der Waals surface area contributed by atoms with Gasteiger partial charge >= 0.3 is 0 Å². The van der Waals surface area contributed by atoms with E-state index in [4.69, 9.17) is 0 Å². The van der Waals surface area contributed by atoms with E-state index in [9.17, 15) is 4.79 Å². The Kier molecular flexibility index (Phi) is 4.33. The molecule has 0 radical (unpaired) electrons. The molecule has 0 aliphatic carbocycles. The predicted octanol–water partition coefficient (Wildman–Crippen LogP) is 0.308. The number of nitrogens with zero attached hydrogens (tertiary/aromatic N) is 3. The number of anilines is 1. The van der Waals surface area contributed by atoms with E-state index in [1.807, 2.05) is 10.9 Å². The van der Waals surface area contributed by atoms with Gasteiger partial charge in [-0.2, -0.15) is 5.10 Å². The highest BCUT2D eigenvalue weighted by atomic mass is 16.2. The fourth-order valence-electron chi connectivity index (χ4n) is 1.96. The van der Waals surface area contributed by atoms with Crippen LogP contribution in [0.25, 0.3) is 0 Å². The first kappa shape index (κ1) is 13.0. The average Bonchev–Trinajstić information content (AvgIpc) is 2.78. The van der Waals surface area contributed by atoms with E-state index in [1.165, 1.54) is 0 Å². The molecule has 18 heavy (non-hydrogen) atoms. The van der Waals surface area contributed by atoms with E-state index in [2.05, 4.69) is 34.5 Å². The monoisotopic (exact) mass is 251 g/mol. The summed E-state index contributed by atoms with van der Waals surface area (Å²) in [5, 5.41) is 10.3. The summed E-state index contributed by atoms with van der Waals surface area (Å²) in [6.45, 7) is 8.33. The summed E-state index contributed by atoms with van der Waals surface area (Å²) in [6.07, 6.45) is 3.55. The van der Waals surface area contributed by atoms with Gasteiger partial charge in [-0.15, -0.1) is 0 Å². The maximum Gasteiger partial charge on any atom is 0.238 e. The van der Waals surface area contributed by atoms with Gasteiger partial charge in [0.05, 0.1) is 18.4 Å². The van der Waals surface area contributed by atoms with Crippen LogP contribution in [0.2, 0.25) is 0 Å². The first-order valence-electron chi connectivity index (χ1n) is 6.42. The van der Waals surface area contributed by atoms with Gasteiger partial charge in [0.25, 0.3) is 0 Å². The lowest BCUT2D eigenvalue weighted by atomic mass is 10.3. The lowest BCUT2D eigenvalue weighted by Gasteiger charge is -2.26. The minimum atomic E-state index is 0.0280. The zero-order valence-electron chi connectivity index (χ0n) is 11.0. The summed E-state index contributed by atoms with van der Waals surface area (Å²) >= 11 is 0. The van der Waals surface area contributed by atoms with Crippen molar-refractivity contribution in [3.05, 3.63) is 12.4 Å². The van der Waals surface area contributed by atoms with Gasteiger partial charge in [0.1, 0.15) is 0 Å². The van der Waals surface area contributed by atoms with Crippen LogP contribution in [0, 0.1) is 0 Å². The first-order chi connectivity index (χ1) is 8.65. The van der Waals surface area contributed by atoms with E-state index in [-0.39, 0.29) is 5.91 Å². The molecule has 0 spiro atoms. The van der Waals surface area contributed by atoms with Crippen molar-refractivity contribution in [3.63, 3.8) is 0 Å². The highest BCUT2D eigenvalue weighted by molar-refractivity contribution is 5.91. The third-order valence-electron chi connectivity index (χ3n) is 2.99. The van der Waals surface area contributed by atoms with Crippen molar-refractivity contribution in [2.45, 2.75) is 19.9 Å². The van der Waals surface area contributed by atoms with Gasteiger partial charge < -0.3 is 10.6 Å². The van der Waals surface area contributed by atoms with Gasteiger partial charge in [0, 0.05) is 38.4 Å². The Morgan fingerprint density at radius 3 is 2.83 bits per heavy atom. The second-order valence-electron chi connectivity index (χ2n) is 4.88. The van der Waals surface area contributed by atoms with Crippen LogP contribution >= 0.6 is 0 Å². The van der Waals surface area contributed by atoms with Crippen molar-refractivity contribution < 1.29 is 4.79 Å². The Morgan fingerprint density at radius 2 is 2.22 bits per heavy atom. The molecule has 2 rings (SSSR count). The van der Waals surface area contributed by atoms with Crippen molar-refractivity contribution in [2.75, 3.05) is 38.0 Å². The van der Waals surface area contributed by atoms with Crippen LogP contribution in [-0.4, -0.2) is 53.3 Å². The lowest BCUT2D eigenvalue weighted by molar-refractivity contribution is -0.117. The molecule has 6 nitrogen and oxygen atoms in total. The molecule has 1 saturated heterocycles. The number of aromatic nitrogens is 2. The molecular formula is C12H21N5O. The van der Waals surface area contributed by atoms with Crippen molar-refractivity contribution in [3.8, 4) is 0 Å². The molecule has 0 aromatic carbocycles. The minimum Gasteiger partial charge on any atom is -0.322 e. The van der Waals surface area contributed by atoms with E-state index in [1.54, 1.807) is 6.20 Å². The van der Waals surface area contributed by atoms with Crippen LogP contribution in [-0.2, 0) is 4.79 Å². The summed E-state index contributed by atoms with van der Waals surface area (Å²) in [7, 11) is 0. The highest BCUT2D eigenvalue weighted by Crippen LogP contribution is 2.09. The molecule has 1 amide bonds. The molecule has 6 heteroatoms. The number of rotatable bonds is 4. The van der Waals surface area contributed by atoms with Crippen LogP contribution in [0.3, 0.4) is 0 Å². The molecule has 1 aromatic rings. The van der Waals surface area contributed by atoms with E-state index >= 15 is 0 Å². The zero-order valence-corrected chi connectivity index (χ0v) is 11.0. The Hall–Kier alpha value is -1.40. The number of carbonyl (C=O) groups is 1. The molecule has 1 aromatic heterocycles. The summed E-state index contributed by atoms with van der Waals surface area (Å²) in [6, 6.07) is 0.309. The Labute approximate surface area is 107 Å². The number of amides is 1. The fourth-order valence-corrected chi connectivity index (χ4v) is 1.96. The number of hydrogen-bond acceptors (Lipinski definition) is 4. The van der Waals surface area contributed by atoms with E-state index < -0.39 is 0 Å². The first-order valence-corrected chi connectivity index (χ1v) is 6.42. The zero-order chi connectivity index (χ0) is 13.0. The molecule has 0 bridgehead atoms. The molecule has 0 unspecified atom stereocenters. The van der Waals surface area contributed by atoms with Gasteiger partial charge in [-0.3, -0.25) is 14.4 Å². The van der Waals surface area contributed by atoms with Crippen molar-refractivity contribution in [1.82, 2.24) is 20.0 Å². The third-order valence-corrected chi connectivity index (χ3v) is 2.99. The van der Waals surface area contributed by atoms with E-state index in [0.29, 0.717) is 12.6 Å². The average molecular weight is 251 g/mol. The van der Waals surface area contributed by atoms with Crippen LogP contribution < -0.4 is 10.6 Å². The van der Waals surface area contributed by atoms with Crippen molar-refractivity contribution in [2.24, 2.45) is 0 Å². The van der Waals surface area contributed by atoms with Crippen LogP contribution in [0.5, 0.6) is 0 Å². The van der Waals surface area contributed by atoms with Gasteiger partial charge in [0.15, 0.2) is 0 Å². The summed E-state index contributed by atoms with van der Waals surface area (Å²) in [4.78, 5) is 14.0. The molecule has 2 N–H and O–H groups in total. The fraction of sp³-hybridized carbons (Fsp3) is 0.667. The maximum absolute atomic E-state index is 11.8. The predicted molar refractivity (Wildman–Crippen MR) is 70.6 cm³/mol.